The van der Waals surface area contributed by atoms with E-state index < -0.39 is 11.9 Å². The van der Waals surface area contributed by atoms with Crippen LogP contribution in [0.15, 0.2) is 120 Å². The lowest BCUT2D eigenvalue weighted by atomic mass is 10.0. The van der Waals surface area contributed by atoms with E-state index in [0.29, 0.717) is 33.8 Å². The Morgan fingerprint density at radius 1 is 0.600 bits per heavy atom. The minimum absolute atomic E-state index is 0.0745. The molecule has 224 valence electrons. The summed E-state index contributed by atoms with van der Waals surface area (Å²) in [7, 11) is 0. The number of benzene rings is 4. The topological polar surface area (TPSA) is 111 Å². The first-order valence-corrected chi connectivity index (χ1v) is 14.2. The van der Waals surface area contributed by atoms with Gasteiger partial charge in [-0.05, 0) is 67.9 Å². The Labute approximate surface area is 260 Å². The average Bonchev–Trinajstić information content (AvgIpc) is 3.06. The normalized spacial score (nSPS) is 11.6. The number of aromatic nitrogens is 1. The standard InChI is InChI=1S/C36H30N4O5/c1-23(38-44-25(3)41)27-14-18-30(19-15-27)40(31-20-16-29(17-21-31)36(43)28-10-6-5-7-11-28)35-22-34(24(2)39-45-26(4)42)37-33-13-9-8-12-32(33)35/h5-22H,1-4H3/b38-23-,39-24+. The number of ketones is 1. The van der Waals surface area contributed by atoms with Gasteiger partial charge in [0, 0.05) is 41.7 Å². The molecular formula is C36H30N4O5. The second-order valence-electron chi connectivity index (χ2n) is 10.2. The number of rotatable bonds is 9. The Hall–Kier alpha value is -5.96. The smallest absolute Gasteiger partial charge is 0.318 e. The van der Waals surface area contributed by atoms with Crippen LogP contribution < -0.4 is 4.90 Å². The molecule has 0 fully saturated rings. The summed E-state index contributed by atoms with van der Waals surface area (Å²) < 4.78 is 0. The minimum atomic E-state index is -0.533. The Kier molecular flexibility index (Phi) is 9.19. The molecule has 0 amide bonds. The van der Waals surface area contributed by atoms with Crippen molar-refractivity contribution in [2.75, 3.05) is 4.90 Å². The number of fused-ring (bicyclic) bond motifs is 1. The number of pyridine rings is 1. The van der Waals surface area contributed by atoms with Crippen LogP contribution in [0.25, 0.3) is 10.9 Å². The molecule has 9 nitrogen and oxygen atoms in total. The maximum Gasteiger partial charge on any atom is 0.331 e. The Bertz CT molecular complexity index is 1930. The van der Waals surface area contributed by atoms with E-state index in [2.05, 4.69) is 10.3 Å². The molecule has 5 aromatic rings. The van der Waals surface area contributed by atoms with Crippen LogP contribution in [0.3, 0.4) is 0 Å². The molecule has 0 saturated heterocycles. The molecule has 0 unspecified atom stereocenters. The van der Waals surface area contributed by atoms with Crippen molar-refractivity contribution in [2.45, 2.75) is 27.7 Å². The number of hydrogen-bond acceptors (Lipinski definition) is 9. The molecule has 0 aliphatic rings. The number of carbonyl (C=O) groups excluding carboxylic acids is 3. The van der Waals surface area contributed by atoms with E-state index in [1.54, 1.807) is 38.1 Å². The third-order valence-corrected chi connectivity index (χ3v) is 6.90. The van der Waals surface area contributed by atoms with Crippen molar-refractivity contribution in [3.63, 3.8) is 0 Å². The summed E-state index contributed by atoms with van der Waals surface area (Å²) in [6, 6.07) is 33.8. The Morgan fingerprint density at radius 2 is 1.11 bits per heavy atom. The molecule has 0 aliphatic carbocycles. The molecule has 0 spiro atoms. The van der Waals surface area contributed by atoms with Crippen molar-refractivity contribution in [1.29, 1.82) is 0 Å². The molecule has 45 heavy (non-hydrogen) atoms. The van der Waals surface area contributed by atoms with Crippen LogP contribution in [0.5, 0.6) is 0 Å². The third-order valence-electron chi connectivity index (χ3n) is 6.90. The van der Waals surface area contributed by atoms with Gasteiger partial charge >= 0.3 is 11.9 Å². The first-order chi connectivity index (χ1) is 21.7. The summed E-state index contributed by atoms with van der Waals surface area (Å²) in [4.78, 5) is 52.4. The van der Waals surface area contributed by atoms with E-state index in [0.717, 1.165) is 28.0 Å². The van der Waals surface area contributed by atoms with E-state index in [4.69, 9.17) is 14.7 Å². The van der Waals surface area contributed by atoms with E-state index >= 15 is 0 Å². The van der Waals surface area contributed by atoms with Gasteiger partial charge in [0.25, 0.3) is 0 Å². The molecule has 0 radical (unpaired) electrons. The fourth-order valence-corrected chi connectivity index (χ4v) is 4.69. The highest BCUT2D eigenvalue weighted by Gasteiger charge is 2.19. The zero-order valence-electron chi connectivity index (χ0n) is 25.2. The SMILES string of the molecule is CC(=O)O/N=C(/C)c1ccc(N(c2ccc(C(=O)c3ccccc3)cc2)c2cc(/C(C)=N/OC(C)=O)nc3ccccc23)cc1. The maximum atomic E-state index is 13.2. The largest absolute Gasteiger partial charge is 0.331 e. The average molecular weight is 599 g/mol. The van der Waals surface area contributed by atoms with Crippen LogP contribution >= 0.6 is 0 Å². The van der Waals surface area contributed by atoms with Gasteiger partial charge in [-0.2, -0.15) is 0 Å². The second kappa shape index (κ2) is 13.6. The number of nitrogens with zero attached hydrogens (tertiary/aromatic N) is 4. The molecule has 0 bridgehead atoms. The van der Waals surface area contributed by atoms with Crippen molar-refractivity contribution >= 4 is 57.1 Å². The summed E-state index contributed by atoms with van der Waals surface area (Å²) in [6.07, 6.45) is 0. The molecule has 0 atom stereocenters. The van der Waals surface area contributed by atoms with Crippen molar-refractivity contribution in [1.82, 2.24) is 4.98 Å². The van der Waals surface area contributed by atoms with Crippen molar-refractivity contribution in [3.8, 4) is 0 Å². The van der Waals surface area contributed by atoms with Gasteiger partial charge in [0.1, 0.15) is 5.71 Å². The number of anilines is 3. The maximum absolute atomic E-state index is 13.2. The molecule has 0 saturated carbocycles. The predicted molar refractivity (Wildman–Crippen MR) is 174 cm³/mol. The highest BCUT2D eigenvalue weighted by atomic mass is 16.7. The van der Waals surface area contributed by atoms with Crippen LogP contribution in [-0.2, 0) is 19.3 Å². The van der Waals surface area contributed by atoms with Gasteiger partial charge < -0.3 is 14.6 Å². The van der Waals surface area contributed by atoms with Gasteiger partial charge in [0.15, 0.2) is 5.78 Å². The Balaban J connectivity index is 1.65. The molecule has 5 rings (SSSR count). The van der Waals surface area contributed by atoms with Gasteiger partial charge in [-0.3, -0.25) is 4.79 Å². The lowest BCUT2D eigenvalue weighted by Crippen LogP contribution is -2.13. The van der Waals surface area contributed by atoms with Crippen molar-refractivity contribution in [3.05, 3.63) is 132 Å². The summed E-state index contributed by atoms with van der Waals surface area (Å²) in [5.74, 6) is -1.11. The molecule has 0 aliphatic heterocycles. The first-order valence-electron chi connectivity index (χ1n) is 14.2. The number of carbonyl (C=O) groups is 3. The van der Waals surface area contributed by atoms with E-state index in [9.17, 15) is 14.4 Å². The number of oxime groups is 2. The van der Waals surface area contributed by atoms with Crippen LogP contribution in [-0.4, -0.2) is 34.1 Å². The van der Waals surface area contributed by atoms with E-state index in [-0.39, 0.29) is 5.78 Å². The van der Waals surface area contributed by atoms with Gasteiger partial charge in [0.2, 0.25) is 0 Å². The summed E-state index contributed by atoms with van der Waals surface area (Å²) in [5, 5.41) is 8.73. The zero-order valence-corrected chi connectivity index (χ0v) is 25.2. The summed E-state index contributed by atoms with van der Waals surface area (Å²) in [6.45, 7) is 6.05. The second-order valence-corrected chi connectivity index (χ2v) is 10.2. The number of para-hydroxylation sites is 1. The van der Waals surface area contributed by atoms with E-state index in [1.165, 1.54) is 13.8 Å². The van der Waals surface area contributed by atoms with Crippen LogP contribution in [0.2, 0.25) is 0 Å². The quantitative estimate of drug-likeness (QED) is 0.0747. The van der Waals surface area contributed by atoms with Gasteiger partial charge in [-0.1, -0.05) is 71.0 Å². The van der Waals surface area contributed by atoms with Crippen LogP contribution in [0, 0.1) is 0 Å². The molecule has 0 N–H and O–H groups in total. The fraction of sp³-hybridized carbons (Fsp3) is 0.111. The van der Waals surface area contributed by atoms with Gasteiger partial charge in [-0.25, -0.2) is 14.6 Å². The zero-order chi connectivity index (χ0) is 31.9. The third kappa shape index (κ3) is 7.17. The van der Waals surface area contributed by atoms with Crippen molar-refractivity contribution in [2.24, 2.45) is 10.3 Å². The van der Waals surface area contributed by atoms with Crippen LogP contribution in [0.4, 0.5) is 17.1 Å². The highest BCUT2D eigenvalue weighted by molar-refractivity contribution is 6.09. The van der Waals surface area contributed by atoms with E-state index in [1.807, 2.05) is 89.8 Å². The number of hydrogen-bond donors (Lipinski definition) is 0. The molecule has 1 aromatic heterocycles. The van der Waals surface area contributed by atoms with Gasteiger partial charge in [0.05, 0.1) is 22.6 Å². The monoisotopic (exact) mass is 598 g/mol. The Morgan fingerprint density at radius 3 is 1.71 bits per heavy atom. The molecule has 9 heteroatoms. The summed E-state index contributed by atoms with van der Waals surface area (Å²) >= 11 is 0. The molecule has 1 heterocycles. The highest BCUT2D eigenvalue weighted by Crippen LogP contribution is 2.39. The summed E-state index contributed by atoms with van der Waals surface area (Å²) in [5.41, 5.74) is 6.51. The van der Waals surface area contributed by atoms with Crippen molar-refractivity contribution < 1.29 is 24.1 Å². The fourth-order valence-electron chi connectivity index (χ4n) is 4.69. The lowest BCUT2D eigenvalue weighted by molar-refractivity contribution is -0.141. The predicted octanol–water partition coefficient (Wildman–Crippen LogP) is 7.51. The first kappa shape index (κ1) is 30.5. The lowest BCUT2D eigenvalue weighted by Gasteiger charge is -2.27. The van der Waals surface area contributed by atoms with Crippen LogP contribution in [0.1, 0.15) is 54.9 Å². The molecule has 4 aromatic carbocycles. The molecular weight excluding hydrogens is 568 g/mol. The minimum Gasteiger partial charge on any atom is -0.318 e. The van der Waals surface area contributed by atoms with Gasteiger partial charge in [-0.15, -0.1) is 0 Å².